The molecule has 3 aromatic carbocycles. The summed E-state index contributed by atoms with van der Waals surface area (Å²) < 4.78 is 47.8. The van der Waals surface area contributed by atoms with E-state index in [-0.39, 0.29) is 30.8 Å². The first-order chi connectivity index (χ1) is 18.8. The van der Waals surface area contributed by atoms with Crippen LogP contribution in [0.25, 0.3) is 0 Å². The van der Waals surface area contributed by atoms with Gasteiger partial charge in [0.15, 0.2) is 0 Å². The van der Waals surface area contributed by atoms with Crippen molar-refractivity contribution in [3.8, 4) is 0 Å². The molecule has 9 heteroatoms. The van der Waals surface area contributed by atoms with Crippen molar-refractivity contribution in [3.63, 3.8) is 0 Å². The van der Waals surface area contributed by atoms with Gasteiger partial charge in [-0.2, -0.15) is 0 Å². The van der Waals surface area contributed by atoms with Crippen LogP contribution in [0.15, 0.2) is 66.7 Å². The van der Waals surface area contributed by atoms with Gasteiger partial charge in [0.05, 0.1) is 25.5 Å². The molecule has 4 rings (SSSR count). The van der Waals surface area contributed by atoms with Gasteiger partial charge in [0.2, 0.25) is 5.91 Å². The highest BCUT2D eigenvalue weighted by Crippen LogP contribution is 2.25. The van der Waals surface area contributed by atoms with E-state index < -0.39 is 28.9 Å². The van der Waals surface area contributed by atoms with E-state index in [1.807, 2.05) is 0 Å². The molecule has 6 nitrogen and oxygen atoms in total. The number of amides is 2. The molecule has 204 valence electrons. The lowest BCUT2D eigenvalue weighted by molar-refractivity contribution is -0.151. The third kappa shape index (κ3) is 6.85. The smallest absolute Gasteiger partial charge is 0.309 e. The predicted molar refractivity (Wildman–Crippen MR) is 139 cm³/mol. The molecule has 0 N–H and O–H groups in total. The van der Waals surface area contributed by atoms with Gasteiger partial charge in [0, 0.05) is 18.8 Å². The van der Waals surface area contributed by atoms with E-state index in [9.17, 15) is 27.6 Å². The van der Waals surface area contributed by atoms with Crippen LogP contribution in [0.2, 0.25) is 0 Å². The molecule has 3 aromatic rings. The van der Waals surface area contributed by atoms with Crippen molar-refractivity contribution >= 4 is 23.5 Å². The average molecular weight is 539 g/mol. The topological polar surface area (TPSA) is 66.9 Å². The summed E-state index contributed by atoms with van der Waals surface area (Å²) in [6.45, 7) is 2.89. The van der Waals surface area contributed by atoms with Crippen LogP contribution in [0, 0.1) is 23.4 Å². The molecule has 1 fully saturated rings. The fraction of sp³-hybridized carbons (Fsp3) is 0.300. The molecular formula is C30H29F3N2O4. The molecule has 0 bridgehead atoms. The lowest BCUT2D eigenvalue weighted by atomic mass is 9.96. The average Bonchev–Trinajstić information content (AvgIpc) is 2.92. The number of esters is 1. The monoisotopic (exact) mass is 538 g/mol. The van der Waals surface area contributed by atoms with E-state index in [1.165, 1.54) is 29.2 Å². The van der Waals surface area contributed by atoms with Crippen molar-refractivity contribution in [1.29, 1.82) is 0 Å². The molecule has 1 heterocycles. The Kier molecular flexibility index (Phi) is 9.01. The molecule has 0 spiro atoms. The second-order valence-electron chi connectivity index (χ2n) is 9.37. The molecule has 1 aliphatic heterocycles. The Balaban J connectivity index is 1.49. The summed E-state index contributed by atoms with van der Waals surface area (Å²) in [6.07, 6.45) is 1.21. The van der Waals surface area contributed by atoms with Gasteiger partial charge in [0.25, 0.3) is 5.91 Å². The molecular weight excluding hydrogens is 509 g/mol. The van der Waals surface area contributed by atoms with E-state index in [0.29, 0.717) is 49.4 Å². The van der Waals surface area contributed by atoms with Crippen molar-refractivity contribution in [3.05, 3.63) is 101 Å². The molecule has 1 aliphatic rings. The minimum Gasteiger partial charge on any atom is -0.466 e. The van der Waals surface area contributed by atoms with Crippen LogP contribution in [0.5, 0.6) is 0 Å². The molecule has 0 aromatic heterocycles. The van der Waals surface area contributed by atoms with Crippen molar-refractivity contribution in [2.24, 2.45) is 5.92 Å². The zero-order chi connectivity index (χ0) is 27.9. The summed E-state index contributed by atoms with van der Waals surface area (Å²) in [5, 5.41) is 0. The van der Waals surface area contributed by atoms with Crippen LogP contribution < -0.4 is 4.90 Å². The second-order valence-corrected chi connectivity index (χ2v) is 9.37. The number of hydrogen-bond acceptors (Lipinski definition) is 4. The van der Waals surface area contributed by atoms with E-state index in [4.69, 9.17) is 4.74 Å². The number of anilines is 1. The van der Waals surface area contributed by atoms with E-state index >= 15 is 0 Å². The highest BCUT2D eigenvalue weighted by atomic mass is 19.1. The van der Waals surface area contributed by atoms with Crippen molar-refractivity contribution < 1.29 is 32.3 Å². The van der Waals surface area contributed by atoms with Crippen LogP contribution in [0.1, 0.15) is 41.3 Å². The van der Waals surface area contributed by atoms with Crippen molar-refractivity contribution in [2.75, 3.05) is 24.6 Å². The van der Waals surface area contributed by atoms with Gasteiger partial charge in [-0.05, 0) is 67.3 Å². The first-order valence-corrected chi connectivity index (χ1v) is 12.8. The molecule has 0 radical (unpaired) electrons. The Morgan fingerprint density at radius 2 is 1.54 bits per heavy atom. The summed E-state index contributed by atoms with van der Waals surface area (Å²) >= 11 is 0. The van der Waals surface area contributed by atoms with E-state index in [1.54, 1.807) is 42.2 Å². The highest BCUT2D eigenvalue weighted by Gasteiger charge is 2.28. The third-order valence-electron chi connectivity index (χ3n) is 6.72. The SMILES string of the molecule is CCOC(=O)C1CCN(C(=O)Cc2ccc(N(Cc3cccc(F)c3)C(=O)c3c(F)cccc3F)cc2)CC1. The number of piperidine rings is 1. The summed E-state index contributed by atoms with van der Waals surface area (Å²) in [4.78, 5) is 41.0. The second kappa shape index (κ2) is 12.6. The Hall–Kier alpha value is -4.14. The largest absolute Gasteiger partial charge is 0.466 e. The summed E-state index contributed by atoms with van der Waals surface area (Å²) in [5.41, 5.74) is 0.745. The third-order valence-corrected chi connectivity index (χ3v) is 6.72. The maximum Gasteiger partial charge on any atom is 0.309 e. The minimum absolute atomic E-state index is 0.0915. The summed E-state index contributed by atoms with van der Waals surface area (Å²) in [6, 6.07) is 15.3. The Morgan fingerprint density at radius 1 is 0.897 bits per heavy atom. The van der Waals surface area contributed by atoms with Gasteiger partial charge < -0.3 is 14.5 Å². The number of nitrogens with zero attached hydrogens (tertiary/aromatic N) is 2. The van der Waals surface area contributed by atoms with Crippen molar-refractivity contribution in [1.82, 2.24) is 4.90 Å². The summed E-state index contributed by atoms with van der Waals surface area (Å²) in [5.74, 6) is -3.94. The number of carbonyl (C=O) groups is 3. The highest BCUT2D eigenvalue weighted by molar-refractivity contribution is 6.06. The Bertz CT molecular complexity index is 1320. The fourth-order valence-electron chi connectivity index (χ4n) is 4.64. The lowest BCUT2D eigenvalue weighted by Gasteiger charge is -2.31. The van der Waals surface area contributed by atoms with Gasteiger partial charge in [-0.15, -0.1) is 0 Å². The quantitative estimate of drug-likeness (QED) is 0.366. The number of benzene rings is 3. The van der Waals surface area contributed by atoms with Crippen LogP contribution in [-0.4, -0.2) is 42.4 Å². The molecule has 0 saturated carbocycles. The number of ether oxygens (including phenoxy) is 1. The number of halogens is 3. The number of hydrogen-bond donors (Lipinski definition) is 0. The molecule has 0 aliphatic carbocycles. The number of likely N-dealkylation sites (tertiary alicyclic amines) is 1. The maximum atomic E-state index is 14.5. The van der Waals surface area contributed by atoms with Gasteiger partial charge in [-0.1, -0.05) is 30.3 Å². The normalized spacial score (nSPS) is 13.7. The van der Waals surface area contributed by atoms with Gasteiger partial charge in [-0.3, -0.25) is 14.4 Å². The first kappa shape index (κ1) is 27.9. The van der Waals surface area contributed by atoms with Crippen molar-refractivity contribution in [2.45, 2.75) is 32.7 Å². The molecule has 0 atom stereocenters. The van der Waals surface area contributed by atoms with Crippen LogP contribution in [0.4, 0.5) is 18.9 Å². The lowest BCUT2D eigenvalue weighted by Crippen LogP contribution is -2.41. The maximum absolute atomic E-state index is 14.5. The van der Waals surface area contributed by atoms with Crippen LogP contribution in [-0.2, 0) is 27.3 Å². The van der Waals surface area contributed by atoms with Crippen LogP contribution in [0.3, 0.4) is 0 Å². The standard InChI is InChI=1S/C30H29F3N2O4/c1-2-39-30(38)22-13-15-34(16-14-22)27(36)18-20-9-11-24(12-10-20)35(19-21-5-3-6-23(31)17-21)29(37)28-25(32)7-4-8-26(28)33/h3-12,17,22H,2,13-16,18-19H2,1H3. The zero-order valence-corrected chi connectivity index (χ0v) is 21.5. The van der Waals surface area contributed by atoms with Gasteiger partial charge in [-0.25, -0.2) is 13.2 Å². The Labute approximate surface area is 225 Å². The predicted octanol–water partition coefficient (Wildman–Crippen LogP) is 5.30. The zero-order valence-electron chi connectivity index (χ0n) is 21.5. The number of rotatable bonds is 8. The van der Waals surface area contributed by atoms with Gasteiger partial charge >= 0.3 is 5.97 Å². The molecule has 1 saturated heterocycles. The molecule has 2 amide bonds. The van der Waals surface area contributed by atoms with E-state index in [0.717, 1.165) is 12.1 Å². The molecule has 0 unspecified atom stereocenters. The van der Waals surface area contributed by atoms with Gasteiger partial charge in [0.1, 0.15) is 23.0 Å². The summed E-state index contributed by atoms with van der Waals surface area (Å²) in [7, 11) is 0. The Morgan fingerprint density at radius 3 is 2.15 bits per heavy atom. The first-order valence-electron chi connectivity index (χ1n) is 12.8. The van der Waals surface area contributed by atoms with E-state index in [2.05, 4.69) is 0 Å². The van der Waals surface area contributed by atoms with Crippen LogP contribution >= 0.6 is 0 Å². The number of carbonyl (C=O) groups excluding carboxylic acids is 3. The fourth-order valence-corrected chi connectivity index (χ4v) is 4.64. The minimum atomic E-state index is -1.00. The molecule has 39 heavy (non-hydrogen) atoms.